The molecule has 3 nitrogen and oxygen atoms in total. The van der Waals surface area contributed by atoms with Crippen LogP contribution in [0.4, 0.5) is 0 Å². The molecule has 0 aliphatic heterocycles. The smallest absolute Gasteiger partial charge is 0.313 e. The number of carbonyl (C=O) groups is 2. The summed E-state index contributed by atoms with van der Waals surface area (Å²) in [5, 5.41) is 0. The summed E-state index contributed by atoms with van der Waals surface area (Å²) in [7, 11) is 1.28. The average molecular weight is 206 g/mol. The first-order chi connectivity index (χ1) is 7.17. The Balaban J connectivity index is 2.77. The van der Waals surface area contributed by atoms with Crippen LogP contribution in [0.25, 0.3) is 0 Å². The van der Waals surface area contributed by atoms with Gasteiger partial charge in [-0.3, -0.25) is 9.59 Å². The van der Waals surface area contributed by atoms with Gasteiger partial charge in [-0.15, -0.1) is 0 Å². The van der Waals surface area contributed by atoms with Crippen molar-refractivity contribution < 1.29 is 14.3 Å². The summed E-state index contributed by atoms with van der Waals surface area (Å²) in [4.78, 5) is 22.5. The lowest BCUT2D eigenvalue weighted by Gasteiger charge is -2.02. The molecule has 0 bridgehead atoms. The minimum absolute atomic E-state index is 0.191. The van der Waals surface area contributed by atoms with E-state index in [0.717, 1.165) is 12.0 Å². The fraction of sp³-hybridized carbons (Fsp3) is 0.333. The van der Waals surface area contributed by atoms with Crippen molar-refractivity contribution in [2.45, 2.75) is 19.8 Å². The number of Topliss-reactive ketones (excluding diaryl/α,β-unsaturated/α-hetero) is 1. The highest BCUT2D eigenvalue weighted by Gasteiger charge is 2.11. The standard InChI is InChI=1S/C12H14O3/c1-3-9-5-4-6-10(7-9)11(13)8-12(14)15-2/h4-7H,3,8H2,1-2H3. The highest BCUT2D eigenvalue weighted by molar-refractivity contribution is 6.05. The number of ketones is 1. The third-order valence-corrected chi connectivity index (χ3v) is 2.19. The van der Waals surface area contributed by atoms with Gasteiger partial charge in [0, 0.05) is 5.56 Å². The topological polar surface area (TPSA) is 43.4 Å². The molecule has 0 N–H and O–H groups in total. The van der Waals surface area contributed by atoms with Crippen LogP contribution in [0.15, 0.2) is 24.3 Å². The van der Waals surface area contributed by atoms with E-state index in [-0.39, 0.29) is 12.2 Å². The Morgan fingerprint density at radius 1 is 1.33 bits per heavy atom. The Morgan fingerprint density at radius 3 is 2.67 bits per heavy atom. The summed E-state index contributed by atoms with van der Waals surface area (Å²) < 4.78 is 4.44. The van der Waals surface area contributed by atoms with Crippen LogP contribution in [0.2, 0.25) is 0 Å². The zero-order valence-corrected chi connectivity index (χ0v) is 8.95. The van der Waals surface area contributed by atoms with Crippen molar-refractivity contribution in [2.75, 3.05) is 7.11 Å². The zero-order chi connectivity index (χ0) is 11.3. The van der Waals surface area contributed by atoms with Gasteiger partial charge in [0.2, 0.25) is 0 Å². The van der Waals surface area contributed by atoms with Gasteiger partial charge in [0.15, 0.2) is 5.78 Å². The third-order valence-electron chi connectivity index (χ3n) is 2.19. The second-order valence-corrected chi connectivity index (χ2v) is 3.23. The van der Waals surface area contributed by atoms with Crippen LogP contribution >= 0.6 is 0 Å². The molecule has 0 saturated carbocycles. The number of benzene rings is 1. The van der Waals surface area contributed by atoms with Gasteiger partial charge in [-0.05, 0) is 18.1 Å². The first-order valence-electron chi connectivity index (χ1n) is 4.86. The van der Waals surface area contributed by atoms with Crippen LogP contribution in [-0.2, 0) is 16.0 Å². The van der Waals surface area contributed by atoms with Crippen LogP contribution in [0.3, 0.4) is 0 Å². The van der Waals surface area contributed by atoms with Crippen LogP contribution in [-0.4, -0.2) is 18.9 Å². The van der Waals surface area contributed by atoms with Crippen LogP contribution in [0.5, 0.6) is 0 Å². The van der Waals surface area contributed by atoms with E-state index in [4.69, 9.17) is 0 Å². The lowest BCUT2D eigenvalue weighted by atomic mass is 10.0. The molecule has 0 atom stereocenters. The van der Waals surface area contributed by atoms with Crippen molar-refractivity contribution in [1.29, 1.82) is 0 Å². The molecule has 0 radical (unpaired) electrons. The highest BCUT2D eigenvalue weighted by Crippen LogP contribution is 2.08. The van der Waals surface area contributed by atoms with Gasteiger partial charge in [0.05, 0.1) is 7.11 Å². The second-order valence-electron chi connectivity index (χ2n) is 3.23. The molecule has 0 spiro atoms. The number of rotatable bonds is 4. The maximum Gasteiger partial charge on any atom is 0.313 e. The Kier molecular flexibility index (Phi) is 4.03. The lowest BCUT2D eigenvalue weighted by Crippen LogP contribution is -2.09. The summed E-state index contributed by atoms with van der Waals surface area (Å²) in [5.41, 5.74) is 1.66. The quantitative estimate of drug-likeness (QED) is 0.430. The molecule has 0 heterocycles. The molecule has 0 aliphatic carbocycles. The second kappa shape index (κ2) is 5.29. The SMILES string of the molecule is CCc1cccc(C(=O)CC(=O)OC)c1. The predicted octanol–water partition coefficient (Wildman–Crippen LogP) is 1.99. The van der Waals surface area contributed by atoms with E-state index in [9.17, 15) is 9.59 Å². The van der Waals surface area contributed by atoms with Crippen molar-refractivity contribution in [3.63, 3.8) is 0 Å². The normalized spacial score (nSPS) is 9.73. The van der Waals surface area contributed by atoms with Crippen molar-refractivity contribution in [2.24, 2.45) is 0 Å². The van der Waals surface area contributed by atoms with Crippen LogP contribution in [0, 0.1) is 0 Å². The van der Waals surface area contributed by atoms with Gasteiger partial charge in [-0.1, -0.05) is 25.1 Å². The van der Waals surface area contributed by atoms with Crippen molar-refractivity contribution in [1.82, 2.24) is 0 Å². The van der Waals surface area contributed by atoms with E-state index in [1.165, 1.54) is 7.11 Å². The van der Waals surface area contributed by atoms with Gasteiger partial charge < -0.3 is 4.74 Å². The predicted molar refractivity (Wildman–Crippen MR) is 56.8 cm³/mol. The summed E-state index contributed by atoms with van der Waals surface area (Å²) >= 11 is 0. The molecule has 1 rings (SSSR count). The molecule has 1 aromatic rings. The molecule has 0 aliphatic rings. The number of esters is 1. The molecular weight excluding hydrogens is 192 g/mol. The zero-order valence-electron chi connectivity index (χ0n) is 8.95. The molecule has 3 heteroatoms. The van der Waals surface area contributed by atoms with Crippen LogP contribution < -0.4 is 0 Å². The molecule has 0 amide bonds. The van der Waals surface area contributed by atoms with E-state index >= 15 is 0 Å². The summed E-state index contributed by atoms with van der Waals surface area (Å²) in [6, 6.07) is 7.30. The number of hydrogen-bond donors (Lipinski definition) is 0. The largest absolute Gasteiger partial charge is 0.469 e. The fourth-order valence-electron chi connectivity index (χ4n) is 1.27. The van der Waals surface area contributed by atoms with E-state index in [1.54, 1.807) is 6.07 Å². The fourth-order valence-corrected chi connectivity index (χ4v) is 1.27. The third kappa shape index (κ3) is 3.20. The van der Waals surface area contributed by atoms with Crippen molar-refractivity contribution in [3.05, 3.63) is 35.4 Å². The van der Waals surface area contributed by atoms with E-state index in [2.05, 4.69) is 4.74 Å². The Bertz CT molecular complexity index is 369. The van der Waals surface area contributed by atoms with E-state index in [0.29, 0.717) is 5.56 Å². The Labute approximate surface area is 89.1 Å². The Morgan fingerprint density at radius 2 is 2.07 bits per heavy atom. The summed E-state index contributed by atoms with van der Waals surface area (Å²) in [5.74, 6) is -0.695. The van der Waals surface area contributed by atoms with Crippen LogP contribution in [0.1, 0.15) is 29.3 Å². The number of methoxy groups -OCH3 is 1. The van der Waals surface area contributed by atoms with Crippen molar-refractivity contribution in [3.8, 4) is 0 Å². The molecule has 15 heavy (non-hydrogen) atoms. The van der Waals surface area contributed by atoms with Gasteiger partial charge in [0.1, 0.15) is 6.42 Å². The lowest BCUT2D eigenvalue weighted by molar-refractivity contribution is -0.139. The highest BCUT2D eigenvalue weighted by atomic mass is 16.5. The van der Waals surface area contributed by atoms with Gasteiger partial charge >= 0.3 is 5.97 Å². The van der Waals surface area contributed by atoms with Gasteiger partial charge in [-0.25, -0.2) is 0 Å². The number of hydrogen-bond acceptors (Lipinski definition) is 3. The first kappa shape index (κ1) is 11.4. The average Bonchev–Trinajstić information content (AvgIpc) is 2.28. The van der Waals surface area contributed by atoms with Crippen molar-refractivity contribution >= 4 is 11.8 Å². The first-order valence-corrected chi connectivity index (χ1v) is 4.86. The molecule has 0 fully saturated rings. The molecule has 0 aromatic heterocycles. The minimum atomic E-state index is -0.498. The summed E-state index contributed by atoms with van der Waals surface area (Å²) in [6.45, 7) is 2.02. The molecule has 1 aromatic carbocycles. The minimum Gasteiger partial charge on any atom is -0.469 e. The van der Waals surface area contributed by atoms with Gasteiger partial charge in [0.25, 0.3) is 0 Å². The Hall–Kier alpha value is -1.64. The maximum absolute atomic E-state index is 11.6. The maximum atomic E-state index is 11.6. The van der Waals surface area contributed by atoms with Gasteiger partial charge in [-0.2, -0.15) is 0 Å². The summed E-state index contributed by atoms with van der Waals surface area (Å²) in [6.07, 6.45) is 0.684. The number of ether oxygens (including phenoxy) is 1. The molecule has 0 saturated heterocycles. The molecule has 80 valence electrons. The molecule has 0 unspecified atom stereocenters. The monoisotopic (exact) mass is 206 g/mol. The molecular formula is C12H14O3. The van der Waals surface area contributed by atoms with E-state index in [1.807, 2.05) is 25.1 Å². The van der Waals surface area contributed by atoms with E-state index < -0.39 is 5.97 Å². The number of aryl methyl sites for hydroxylation is 1. The number of carbonyl (C=O) groups excluding carboxylic acids is 2.